The average Bonchev–Trinajstić information content (AvgIpc) is 2.81. The molecule has 1 amide bonds. The fourth-order valence-electron chi connectivity index (χ4n) is 3.28. The average molecular weight is 412 g/mol. The first kappa shape index (κ1) is 19.9. The van der Waals surface area contributed by atoms with Gasteiger partial charge in [-0.05, 0) is 54.1 Å². The molecule has 0 aliphatic heterocycles. The minimum absolute atomic E-state index is 0.0520. The monoisotopic (exact) mass is 411 g/mol. The zero-order valence-electron chi connectivity index (χ0n) is 16.6. The van der Waals surface area contributed by atoms with E-state index >= 15 is 0 Å². The zero-order valence-corrected chi connectivity index (χ0v) is 17.4. The fraction of sp³-hybridized carbons (Fsp3) is 0.0800. The minimum atomic E-state index is -0.262. The number of hydrogen-bond acceptors (Lipinski definition) is 4. The smallest absolute Gasteiger partial charge is 0.254 e. The summed E-state index contributed by atoms with van der Waals surface area (Å²) in [5.41, 5.74) is 2.50. The van der Waals surface area contributed by atoms with Gasteiger partial charge in [-0.25, -0.2) is 4.98 Å². The number of hydrogen-bond donors (Lipinski definition) is 0. The topological polar surface area (TPSA) is 46.1 Å². The van der Waals surface area contributed by atoms with Gasteiger partial charge in [0.25, 0.3) is 5.91 Å². The van der Waals surface area contributed by atoms with Crippen molar-refractivity contribution in [3.05, 3.63) is 120 Å². The summed E-state index contributed by atoms with van der Waals surface area (Å²) >= 11 is 1.57. The largest absolute Gasteiger partial charge is 0.329 e. The zero-order chi connectivity index (χ0) is 20.8. The quantitative estimate of drug-likeness (QED) is 0.421. The predicted molar refractivity (Wildman–Crippen MR) is 119 cm³/mol. The Balaban J connectivity index is 1.57. The molecule has 1 atom stereocenters. The number of benzene rings is 2. The second-order valence-corrected chi connectivity index (χ2v) is 7.87. The van der Waals surface area contributed by atoms with E-state index in [1.54, 1.807) is 29.1 Å². The van der Waals surface area contributed by atoms with Crippen molar-refractivity contribution in [1.82, 2.24) is 14.9 Å². The van der Waals surface area contributed by atoms with E-state index in [1.807, 2.05) is 98.0 Å². The third-order valence-corrected chi connectivity index (χ3v) is 5.71. The van der Waals surface area contributed by atoms with Crippen molar-refractivity contribution in [1.29, 1.82) is 0 Å². The van der Waals surface area contributed by atoms with Gasteiger partial charge in [-0.15, -0.1) is 0 Å². The van der Waals surface area contributed by atoms with Crippen LogP contribution in [0.15, 0.2) is 113 Å². The van der Waals surface area contributed by atoms with Crippen LogP contribution in [0.3, 0.4) is 0 Å². The highest BCUT2D eigenvalue weighted by Gasteiger charge is 2.25. The van der Waals surface area contributed by atoms with Gasteiger partial charge >= 0.3 is 0 Å². The molecule has 2 heterocycles. The van der Waals surface area contributed by atoms with Gasteiger partial charge in [-0.1, -0.05) is 54.2 Å². The number of pyridine rings is 2. The predicted octanol–water partition coefficient (Wildman–Crippen LogP) is 5.49. The highest BCUT2D eigenvalue weighted by molar-refractivity contribution is 7.99. The molecule has 0 spiro atoms. The van der Waals surface area contributed by atoms with Gasteiger partial charge in [0.2, 0.25) is 0 Å². The molecule has 1 unspecified atom stereocenters. The summed E-state index contributed by atoms with van der Waals surface area (Å²) in [6.45, 7) is 0. The first-order valence-corrected chi connectivity index (χ1v) is 10.5. The van der Waals surface area contributed by atoms with Gasteiger partial charge in [-0.2, -0.15) is 0 Å². The second-order valence-electron chi connectivity index (χ2n) is 6.78. The van der Waals surface area contributed by atoms with Gasteiger partial charge < -0.3 is 4.90 Å². The summed E-state index contributed by atoms with van der Waals surface area (Å²) in [7, 11) is 1.82. The molecule has 4 nitrogen and oxygen atoms in total. The summed E-state index contributed by atoms with van der Waals surface area (Å²) in [6.07, 6.45) is 3.53. The summed E-state index contributed by atoms with van der Waals surface area (Å²) in [4.78, 5) is 24.9. The standard InChI is InChI=1S/C25H21N3OS/c1-28(24(19-9-3-2-4-10-19)22-11-5-7-17-26-22)25(29)20-13-15-21(16-14-20)30-23-12-6-8-18-27-23/h2-18,24H,1H3. The molecule has 0 fully saturated rings. The first-order valence-electron chi connectivity index (χ1n) is 9.64. The normalized spacial score (nSPS) is 11.6. The van der Waals surface area contributed by atoms with Crippen LogP contribution in [-0.4, -0.2) is 27.8 Å². The Labute approximate surface area is 180 Å². The Kier molecular flexibility index (Phi) is 6.20. The molecule has 0 saturated heterocycles. The summed E-state index contributed by atoms with van der Waals surface area (Å²) in [5, 5.41) is 0.924. The van der Waals surface area contributed by atoms with Crippen LogP contribution in [0.4, 0.5) is 0 Å². The SMILES string of the molecule is CN(C(=O)c1ccc(Sc2ccccn2)cc1)C(c1ccccc1)c1ccccn1. The molecule has 0 aliphatic carbocycles. The van der Waals surface area contributed by atoms with E-state index in [-0.39, 0.29) is 11.9 Å². The maximum absolute atomic E-state index is 13.3. The van der Waals surface area contributed by atoms with Crippen LogP contribution in [0, 0.1) is 0 Å². The van der Waals surface area contributed by atoms with Crippen molar-refractivity contribution >= 4 is 17.7 Å². The lowest BCUT2D eigenvalue weighted by Gasteiger charge is -2.28. The maximum atomic E-state index is 13.3. The molecule has 0 bridgehead atoms. The van der Waals surface area contributed by atoms with E-state index < -0.39 is 0 Å². The van der Waals surface area contributed by atoms with E-state index in [2.05, 4.69) is 9.97 Å². The number of amides is 1. The lowest BCUT2D eigenvalue weighted by Crippen LogP contribution is -2.32. The first-order chi connectivity index (χ1) is 14.7. The lowest BCUT2D eigenvalue weighted by molar-refractivity contribution is 0.0752. The molecule has 2 aromatic heterocycles. The number of carbonyl (C=O) groups is 1. The Morgan fingerprint density at radius 2 is 1.47 bits per heavy atom. The Morgan fingerprint density at radius 1 is 0.800 bits per heavy atom. The summed E-state index contributed by atoms with van der Waals surface area (Å²) in [5.74, 6) is -0.0520. The summed E-state index contributed by atoms with van der Waals surface area (Å²) in [6, 6.07) is 29.0. The van der Waals surface area contributed by atoms with E-state index in [4.69, 9.17) is 0 Å². The van der Waals surface area contributed by atoms with E-state index in [9.17, 15) is 4.79 Å². The highest BCUT2D eigenvalue weighted by atomic mass is 32.2. The highest BCUT2D eigenvalue weighted by Crippen LogP contribution is 2.29. The fourth-order valence-corrected chi connectivity index (χ4v) is 4.05. The van der Waals surface area contributed by atoms with Crippen LogP contribution in [0.1, 0.15) is 27.7 Å². The van der Waals surface area contributed by atoms with Crippen molar-refractivity contribution in [2.24, 2.45) is 0 Å². The van der Waals surface area contributed by atoms with Crippen LogP contribution >= 0.6 is 11.8 Å². The van der Waals surface area contributed by atoms with Gasteiger partial charge in [-0.3, -0.25) is 9.78 Å². The van der Waals surface area contributed by atoms with E-state index in [0.29, 0.717) is 5.56 Å². The third kappa shape index (κ3) is 4.58. The Morgan fingerprint density at radius 3 is 2.10 bits per heavy atom. The van der Waals surface area contributed by atoms with Crippen LogP contribution in [0.25, 0.3) is 0 Å². The molecule has 2 aromatic carbocycles. The molecular formula is C25H21N3OS. The molecule has 0 saturated carbocycles. The van der Waals surface area contributed by atoms with Crippen LogP contribution in [0.2, 0.25) is 0 Å². The number of aromatic nitrogens is 2. The van der Waals surface area contributed by atoms with Crippen molar-refractivity contribution < 1.29 is 4.79 Å². The molecule has 30 heavy (non-hydrogen) atoms. The molecule has 148 valence electrons. The van der Waals surface area contributed by atoms with Crippen molar-refractivity contribution in [2.75, 3.05) is 7.05 Å². The van der Waals surface area contributed by atoms with Gasteiger partial charge in [0.1, 0.15) is 5.03 Å². The second kappa shape index (κ2) is 9.37. The Hall–Kier alpha value is -3.44. The van der Waals surface area contributed by atoms with Gasteiger partial charge in [0.05, 0.1) is 11.7 Å². The van der Waals surface area contributed by atoms with Crippen molar-refractivity contribution in [3.8, 4) is 0 Å². The maximum Gasteiger partial charge on any atom is 0.254 e. The molecule has 4 aromatic rings. The van der Waals surface area contributed by atoms with Gasteiger partial charge in [0.15, 0.2) is 0 Å². The van der Waals surface area contributed by atoms with Gasteiger partial charge in [0, 0.05) is 29.9 Å². The number of carbonyl (C=O) groups excluding carboxylic acids is 1. The molecule has 0 N–H and O–H groups in total. The van der Waals surface area contributed by atoms with E-state index in [0.717, 1.165) is 21.2 Å². The Bertz CT molecular complexity index is 1050. The van der Waals surface area contributed by atoms with Crippen LogP contribution in [-0.2, 0) is 0 Å². The summed E-state index contributed by atoms with van der Waals surface area (Å²) < 4.78 is 0. The van der Waals surface area contributed by atoms with E-state index in [1.165, 1.54) is 0 Å². The molecule has 0 aliphatic rings. The number of rotatable bonds is 6. The van der Waals surface area contributed by atoms with Crippen LogP contribution in [0.5, 0.6) is 0 Å². The van der Waals surface area contributed by atoms with Crippen molar-refractivity contribution in [2.45, 2.75) is 16.0 Å². The lowest BCUT2D eigenvalue weighted by atomic mass is 10.0. The van der Waals surface area contributed by atoms with Crippen LogP contribution < -0.4 is 0 Å². The minimum Gasteiger partial charge on any atom is -0.329 e. The van der Waals surface area contributed by atoms with Crippen molar-refractivity contribution in [3.63, 3.8) is 0 Å². The third-order valence-electron chi connectivity index (χ3n) is 4.75. The molecule has 4 rings (SSSR count). The number of nitrogens with zero attached hydrogens (tertiary/aromatic N) is 3. The molecular weight excluding hydrogens is 390 g/mol. The molecule has 5 heteroatoms. The molecule has 0 radical (unpaired) electrons.